The number of carbonyl (C=O) groups is 2. The zero-order chi connectivity index (χ0) is 21.6. The van der Waals surface area contributed by atoms with Gasteiger partial charge in [-0.1, -0.05) is 6.07 Å². The van der Waals surface area contributed by atoms with E-state index in [0.717, 1.165) is 16.0 Å². The zero-order valence-corrected chi connectivity index (χ0v) is 17.3. The summed E-state index contributed by atoms with van der Waals surface area (Å²) in [6.07, 6.45) is 3.45. The van der Waals surface area contributed by atoms with Crippen LogP contribution in [0.15, 0.2) is 60.9 Å². The summed E-state index contributed by atoms with van der Waals surface area (Å²) < 4.78 is 6.80. The molecule has 1 saturated heterocycles. The molecule has 4 heterocycles. The summed E-state index contributed by atoms with van der Waals surface area (Å²) in [5, 5.41) is 17.3. The van der Waals surface area contributed by atoms with Crippen molar-refractivity contribution in [2.45, 2.75) is 12.1 Å². The molecular weight excluding hydrogens is 416 g/mol. The Kier molecular flexibility index (Phi) is 4.40. The number of rotatable bonds is 5. The molecule has 0 aliphatic carbocycles. The number of thiophene rings is 1. The van der Waals surface area contributed by atoms with Gasteiger partial charge in [-0.2, -0.15) is 0 Å². The van der Waals surface area contributed by atoms with Crippen molar-refractivity contribution in [3.63, 3.8) is 0 Å². The summed E-state index contributed by atoms with van der Waals surface area (Å²) in [6, 6.07) is 14.1. The Morgan fingerprint density at radius 3 is 2.77 bits per heavy atom. The second-order valence-corrected chi connectivity index (χ2v) is 8.31. The van der Waals surface area contributed by atoms with Crippen LogP contribution < -0.4 is 15.4 Å². The van der Waals surface area contributed by atoms with Gasteiger partial charge in [-0.3, -0.25) is 15.1 Å². The van der Waals surface area contributed by atoms with Crippen LogP contribution in [0.4, 0.5) is 4.79 Å². The molecule has 156 valence electrons. The smallest absolute Gasteiger partial charge is 0.322 e. The highest BCUT2D eigenvalue weighted by Crippen LogP contribution is 2.39. The fourth-order valence-corrected chi connectivity index (χ4v) is 4.91. The van der Waals surface area contributed by atoms with E-state index >= 15 is 0 Å². The maximum Gasteiger partial charge on any atom is 0.322 e. The first-order valence-corrected chi connectivity index (χ1v) is 10.3. The predicted octanol–water partition coefficient (Wildman–Crippen LogP) is 3.21. The van der Waals surface area contributed by atoms with Crippen molar-refractivity contribution in [3.8, 4) is 22.2 Å². The number of amides is 3. The molecule has 3 amide bonds. The van der Waals surface area contributed by atoms with E-state index in [1.807, 2.05) is 36.4 Å². The third kappa shape index (κ3) is 3.10. The number of hydrogen-bond donors (Lipinski definition) is 3. The predicted molar refractivity (Wildman–Crippen MR) is 116 cm³/mol. The highest BCUT2D eigenvalue weighted by molar-refractivity contribution is 7.15. The van der Waals surface area contributed by atoms with E-state index in [1.54, 1.807) is 36.2 Å². The molecule has 1 fully saturated rings. The molecular formula is C22H18N4O4S. The Bertz CT molecular complexity index is 1310. The lowest BCUT2D eigenvalue weighted by Crippen LogP contribution is -2.46. The molecule has 3 aromatic heterocycles. The van der Waals surface area contributed by atoms with Gasteiger partial charge in [-0.05, 0) is 42.5 Å². The number of aromatic hydroxyl groups is 1. The summed E-state index contributed by atoms with van der Waals surface area (Å²) in [6.45, 7) is 0.0234. The Balaban J connectivity index is 1.59. The van der Waals surface area contributed by atoms with Crippen LogP contribution in [0, 0.1) is 0 Å². The normalized spacial score (nSPS) is 18.2. The van der Waals surface area contributed by atoms with Crippen LogP contribution in [0.25, 0.3) is 21.3 Å². The summed E-state index contributed by atoms with van der Waals surface area (Å²) in [5.74, 6) is 0.130. The van der Waals surface area contributed by atoms with Crippen LogP contribution in [0.1, 0.15) is 4.88 Å². The van der Waals surface area contributed by atoms with E-state index in [0.29, 0.717) is 16.0 Å². The van der Waals surface area contributed by atoms with Crippen molar-refractivity contribution in [3.05, 3.63) is 65.8 Å². The minimum absolute atomic E-state index is 0.0104. The third-order valence-electron chi connectivity index (χ3n) is 5.36. The number of imide groups is 1. The van der Waals surface area contributed by atoms with Gasteiger partial charge in [0.25, 0.3) is 5.91 Å². The number of methoxy groups -OCH3 is 1. The first-order valence-electron chi connectivity index (χ1n) is 9.51. The number of aromatic nitrogens is 2. The fraction of sp³-hybridized carbons (Fsp3) is 0.136. The van der Waals surface area contributed by atoms with E-state index in [2.05, 4.69) is 15.6 Å². The van der Waals surface area contributed by atoms with Crippen molar-refractivity contribution in [1.82, 2.24) is 20.2 Å². The molecule has 1 aliphatic heterocycles. The zero-order valence-electron chi connectivity index (χ0n) is 16.5. The molecule has 9 heteroatoms. The number of nitrogens with zero attached hydrogens (tertiary/aromatic N) is 2. The van der Waals surface area contributed by atoms with Gasteiger partial charge < -0.3 is 19.7 Å². The average molecular weight is 434 g/mol. The molecule has 0 radical (unpaired) electrons. The average Bonchev–Trinajstić information content (AvgIpc) is 3.46. The lowest BCUT2D eigenvalue weighted by molar-refractivity contribution is -0.124. The van der Waals surface area contributed by atoms with E-state index in [9.17, 15) is 14.7 Å². The van der Waals surface area contributed by atoms with E-state index < -0.39 is 17.5 Å². The summed E-state index contributed by atoms with van der Waals surface area (Å²) in [5.41, 5.74) is -0.578. The quantitative estimate of drug-likeness (QED) is 0.418. The van der Waals surface area contributed by atoms with Crippen molar-refractivity contribution < 1.29 is 19.4 Å². The molecule has 0 saturated carbocycles. The molecule has 5 rings (SSSR count). The van der Waals surface area contributed by atoms with Gasteiger partial charge in [-0.25, -0.2) is 4.79 Å². The van der Waals surface area contributed by atoms with Crippen LogP contribution in [0.5, 0.6) is 11.6 Å². The highest BCUT2D eigenvalue weighted by atomic mass is 32.1. The Hall–Kier alpha value is -3.85. The van der Waals surface area contributed by atoms with E-state index in [-0.39, 0.29) is 12.4 Å². The molecule has 1 atom stereocenters. The minimum Gasteiger partial charge on any atom is -0.497 e. The van der Waals surface area contributed by atoms with Gasteiger partial charge >= 0.3 is 6.03 Å². The Morgan fingerprint density at radius 1 is 1.19 bits per heavy atom. The number of fused-ring (bicyclic) bond motifs is 1. The topological polar surface area (TPSA) is 105 Å². The van der Waals surface area contributed by atoms with Crippen molar-refractivity contribution >= 4 is 34.0 Å². The molecule has 31 heavy (non-hydrogen) atoms. The summed E-state index contributed by atoms with van der Waals surface area (Å²) in [4.78, 5) is 30.9. The number of urea groups is 1. The molecule has 0 bridgehead atoms. The molecule has 8 nitrogen and oxygen atoms in total. The number of carbonyl (C=O) groups excluding carboxylic acids is 2. The largest absolute Gasteiger partial charge is 0.497 e. The maximum atomic E-state index is 13.0. The maximum absolute atomic E-state index is 13.0. The van der Waals surface area contributed by atoms with Crippen LogP contribution in [-0.4, -0.2) is 33.7 Å². The first-order chi connectivity index (χ1) is 15.0. The van der Waals surface area contributed by atoms with Gasteiger partial charge in [0.2, 0.25) is 0 Å². The van der Waals surface area contributed by atoms with Crippen LogP contribution >= 0.6 is 11.3 Å². The van der Waals surface area contributed by atoms with Gasteiger partial charge in [-0.15, -0.1) is 11.3 Å². The standard InChI is InChI=1S/C22H18N4O4S/c1-30-14-6-5-13-11-26(19(27)15(13)10-14)12-22(20(28)24-21(29)25-22)18-8-7-17(31-18)16-4-2-3-9-23-16/h2-11,27H,12H2,1H3,(H2,24,25,28,29). The monoisotopic (exact) mass is 434 g/mol. The molecule has 4 aromatic rings. The number of pyridine rings is 1. The van der Waals surface area contributed by atoms with E-state index in [4.69, 9.17) is 4.74 Å². The van der Waals surface area contributed by atoms with Crippen LogP contribution in [-0.2, 0) is 16.9 Å². The SMILES string of the molecule is COc1ccc2cn(CC3(c4ccc(-c5ccccn5)s4)NC(=O)NC3=O)c(O)c2c1. The lowest BCUT2D eigenvalue weighted by Gasteiger charge is -2.25. The van der Waals surface area contributed by atoms with Gasteiger partial charge in [0.05, 0.1) is 24.2 Å². The molecule has 1 aliphatic rings. The van der Waals surface area contributed by atoms with Crippen molar-refractivity contribution in [2.75, 3.05) is 7.11 Å². The fourth-order valence-electron chi connectivity index (χ4n) is 3.80. The van der Waals surface area contributed by atoms with Gasteiger partial charge in [0.15, 0.2) is 11.4 Å². The van der Waals surface area contributed by atoms with Crippen LogP contribution in [0.2, 0.25) is 0 Å². The second-order valence-electron chi connectivity index (χ2n) is 7.23. The van der Waals surface area contributed by atoms with Gasteiger partial charge in [0, 0.05) is 28.0 Å². The highest BCUT2D eigenvalue weighted by Gasteiger charge is 2.49. The number of hydrogen-bond acceptors (Lipinski definition) is 6. The van der Waals surface area contributed by atoms with Crippen LogP contribution in [0.3, 0.4) is 0 Å². The second kappa shape index (κ2) is 7.13. The van der Waals surface area contributed by atoms with E-state index in [1.165, 1.54) is 11.3 Å². The Labute approximate surface area is 181 Å². The third-order valence-corrected chi connectivity index (χ3v) is 6.63. The van der Waals surface area contributed by atoms with Crippen molar-refractivity contribution in [2.24, 2.45) is 0 Å². The van der Waals surface area contributed by atoms with Crippen molar-refractivity contribution in [1.29, 1.82) is 0 Å². The first kappa shape index (κ1) is 19.1. The van der Waals surface area contributed by atoms with Gasteiger partial charge in [0.1, 0.15) is 5.75 Å². The Morgan fingerprint density at radius 2 is 2.06 bits per heavy atom. The molecule has 3 N–H and O–H groups in total. The summed E-state index contributed by atoms with van der Waals surface area (Å²) in [7, 11) is 1.55. The lowest BCUT2D eigenvalue weighted by atomic mass is 9.97. The molecule has 1 unspecified atom stereocenters. The number of nitrogens with one attached hydrogen (secondary N) is 2. The minimum atomic E-state index is -1.36. The summed E-state index contributed by atoms with van der Waals surface area (Å²) >= 11 is 1.37. The molecule has 1 aromatic carbocycles. The number of ether oxygens (including phenoxy) is 1. The molecule has 0 spiro atoms. The number of benzene rings is 1.